The zero-order valence-corrected chi connectivity index (χ0v) is 9.72. The molecule has 3 heteroatoms. The summed E-state index contributed by atoms with van der Waals surface area (Å²) in [7, 11) is 0. The minimum atomic E-state index is 0.504. The molecule has 0 aliphatic rings. The minimum absolute atomic E-state index is 0.504. The largest absolute Gasteiger partial charge is 0.399 e. The first kappa shape index (κ1) is 10.7. The van der Waals surface area contributed by atoms with Gasteiger partial charge < -0.3 is 10.3 Å². The number of imidazole rings is 1. The van der Waals surface area contributed by atoms with Crippen molar-refractivity contribution >= 4 is 5.69 Å². The van der Waals surface area contributed by atoms with Gasteiger partial charge in [0.25, 0.3) is 0 Å². The molecule has 3 nitrogen and oxygen atoms in total. The summed E-state index contributed by atoms with van der Waals surface area (Å²) in [6, 6.07) is 7.87. The number of nitrogens with two attached hydrogens (primary N) is 1. The van der Waals surface area contributed by atoms with Crippen LogP contribution < -0.4 is 5.73 Å². The smallest absolute Gasteiger partial charge is 0.0994 e. The molecular formula is C13H17N3. The molecule has 0 saturated heterocycles. The third-order valence-electron chi connectivity index (χ3n) is 2.93. The van der Waals surface area contributed by atoms with E-state index < -0.39 is 0 Å². The van der Waals surface area contributed by atoms with Gasteiger partial charge in [0.1, 0.15) is 0 Å². The zero-order valence-electron chi connectivity index (χ0n) is 9.72. The summed E-state index contributed by atoms with van der Waals surface area (Å²) < 4.78 is 2.10. The third kappa shape index (κ3) is 1.94. The number of hydrogen-bond acceptors (Lipinski definition) is 2. The second-order valence-corrected chi connectivity index (χ2v) is 4.09. The van der Waals surface area contributed by atoms with Crippen LogP contribution in [0.3, 0.4) is 0 Å². The van der Waals surface area contributed by atoms with Crippen LogP contribution in [0, 0.1) is 0 Å². The Bertz CT molecular complexity index is 474. The molecule has 0 spiro atoms. The highest BCUT2D eigenvalue weighted by Crippen LogP contribution is 2.22. The van der Waals surface area contributed by atoms with Gasteiger partial charge >= 0.3 is 0 Å². The molecule has 1 atom stereocenters. The quantitative estimate of drug-likeness (QED) is 0.800. The average molecular weight is 215 g/mol. The summed E-state index contributed by atoms with van der Waals surface area (Å²) in [6.45, 7) is 4.39. The van der Waals surface area contributed by atoms with Gasteiger partial charge in [-0.1, -0.05) is 19.9 Å². The molecule has 0 saturated carbocycles. The molecule has 1 heterocycles. The fraction of sp³-hybridized carbons (Fsp3) is 0.308. The van der Waals surface area contributed by atoms with Crippen molar-refractivity contribution in [1.29, 1.82) is 0 Å². The number of nitrogen functional groups attached to an aromatic ring is 1. The van der Waals surface area contributed by atoms with Crippen LogP contribution in [0.25, 0.3) is 5.69 Å². The number of aromatic nitrogens is 2. The molecule has 0 aliphatic carbocycles. The van der Waals surface area contributed by atoms with E-state index in [0.29, 0.717) is 5.92 Å². The van der Waals surface area contributed by atoms with Gasteiger partial charge in [-0.15, -0.1) is 0 Å². The molecule has 2 N–H and O–H groups in total. The highest BCUT2D eigenvalue weighted by atomic mass is 15.1. The number of benzene rings is 1. The Morgan fingerprint density at radius 3 is 2.94 bits per heavy atom. The molecule has 2 rings (SSSR count). The predicted molar refractivity (Wildman–Crippen MR) is 66.7 cm³/mol. The van der Waals surface area contributed by atoms with E-state index >= 15 is 0 Å². The lowest BCUT2D eigenvalue weighted by molar-refractivity contribution is 0.690. The van der Waals surface area contributed by atoms with Crippen molar-refractivity contribution < 1.29 is 0 Å². The van der Waals surface area contributed by atoms with Gasteiger partial charge in [-0.2, -0.15) is 0 Å². The van der Waals surface area contributed by atoms with Crippen molar-refractivity contribution in [2.75, 3.05) is 5.73 Å². The van der Waals surface area contributed by atoms with Crippen LogP contribution in [-0.2, 0) is 0 Å². The van der Waals surface area contributed by atoms with E-state index in [1.807, 2.05) is 36.8 Å². The summed E-state index contributed by atoms with van der Waals surface area (Å²) in [5.41, 5.74) is 8.88. The van der Waals surface area contributed by atoms with Crippen LogP contribution in [0.2, 0.25) is 0 Å². The number of rotatable bonds is 3. The Labute approximate surface area is 95.9 Å². The number of nitrogens with zero attached hydrogens (tertiary/aromatic N) is 2. The van der Waals surface area contributed by atoms with Gasteiger partial charge in [-0.3, -0.25) is 0 Å². The fourth-order valence-corrected chi connectivity index (χ4v) is 1.77. The molecule has 1 aromatic heterocycles. The van der Waals surface area contributed by atoms with Gasteiger partial charge in [0.15, 0.2) is 0 Å². The monoisotopic (exact) mass is 215 g/mol. The Kier molecular flexibility index (Phi) is 2.95. The van der Waals surface area contributed by atoms with Crippen LogP contribution in [-0.4, -0.2) is 9.55 Å². The third-order valence-corrected chi connectivity index (χ3v) is 2.93. The minimum Gasteiger partial charge on any atom is -0.399 e. The summed E-state index contributed by atoms with van der Waals surface area (Å²) in [5, 5.41) is 0. The molecule has 0 bridgehead atoms. The van der Waals surface area contributed by atoms with Crippen LogP contribution in [0.15, 0.2) is 36.8 Å². The Hall–Kier alpha value is -1.77. The lowest BCUT2D eigenvalue weighted by Crippen LogP contribution is -2.02. The summed E-state index contributed by atoms with van der Waals surface area (Å²) >= 11 is 0. The summed E-state index contributed by atoms with van der Waals surface area (Å²) in [4.78, 5) is 4.22. The first-order chi connectivity index (χ1) is 7.72. The molecule has 0 amide bonds. The van der Waals surface area contributed by atoms with E-state index in [0.717, 1.165) is 17.8 Å². The van der Waals surface area contributed by atoms with E-state index in [4.69, 9.17) is 5.73 Å². The van der Waals surface area contributed by atoms with Gasteiger partial charge in [0.05, 0.1) is 6.33 Å². The van der Waals surface area contributed by atoms with Crippen molar-refractivity contribution in [3.05, 3.63) is 42.5 Å². The molecule has 84 valence electrons. The number of hydrogen-bond donors (Lipinski definition) is 1. The van der Waals surface area contributed by atoms with Crippen LogP contribution >= 0.6 is 0 Å². The standard InChI is InChI=1S/C13H17N3/c1-3-10(2)13-8-15-9-16(13)12-6-4-5-11(14)7-12/h4-10H,3,14H2,1-2H3. The lowest BCUT2D eigenvalue weighted by Gasteiger charge is -2.13. The summed E-state index contributed by atoms with van der Waals surface area (Å²) in [6.07, 6.45) is 4.88. The highest BCUT2D eigenvalue weighted by Gasteiger charge is 2.10. The first-order valence-corrected chi connectivity index (χ1v) is 5.60. The van der Waals surface area contributed by atoms with Crippen molar-refractivity contribution in [2.24, 2.45) is 0 Å². The Balaban J connectivity index is 2.44. The predicted octanol–water partition coefficient (Wildman–Crippen LogP) is 2.97. The van der Waals surface area contributed by atoms with Gasteiger partial charge in [0.2, 0.25) is 0 Å². The van der Waals surface area contributed by atoms with Gasteiger partial charge in [0, 0.05) is 23.3 Å². The molecule has 1 aromatic carbocycles. The maximum atomic E-state index is 5.79. The first-order valence-electron chi connectivity index (χ1n) is 5.60. The molecule has 0 radical (unpaired) electrons. The van der Waals surface area contributed by atoms with E-state index in [9.17, 15) is 0 Å². The normalized spacial score (nSPS) is 12.6. The van der Waals surface area contributed by atoms with Crippen LogP contribution in [0.4, 0.5) is 5.69 Å². The van der Waals surface area contributed by atoms with E-state index in [-0.39, 0.29) is 0 Å². The Morgan fingerprint density at radius 1 is 1.44 bits per heavy atom. The topological polar surface area (TPSA) is 43.8 Å². The van der Waals surface area contributed by atoms with Crippen molar-refractivity contribution in [3.8, 4) is 5.69 Å². The fourth-order valence-electron chi connectivity index (χ4n) is 1.77. The van der Waals surface area contributed by atoms with Crippen molar-refractivity contribution in [3.63, 3.8) is 0 Å². The number of anilines is 1. The second-order valence-electron chi connectivity index (χ2n) is 4.09. The molecular weight excluding hydrogens is 198 g/mol. The summed E-state index contributed by atoms with van der Waals surface area (Å²) in [5.74, 6) is 0.504. The molecule has 0 fully saturated rings. The van der Waals surface area contributed by atoms with Crippen LogP contribution in [0.5, 0.6) is 0 Å². The van der Waals surface area contributed by atoms with Crippen molar-refractivity contribution in [1.82, 2.24) is 9.55 Å². The second kappa shape index (κ2) is 4.39. The SMILES string of the molecule is CCC(C)c1cncn1-c1cccc(N)c1. The molecule has 16 heavy (non-hydrogen) atoms. The average Bonchev–Trinajstić information content (AvgIpc) is 2.77. The molecule has 1 unspecified atom stereocenters. The van der Waals surface area contributed by atoms with E-state index in [1.54, 1.807) is 0 Å². The highest BCUT2D eigenvalue weighted by molar-refractivity contribution is 5.48. The van der Waals surface area contributed by atoms with Gasteiger partial charge in [-0.25, -0.2) is 4.98 Å². The van der Waals surface area contributed by atoms with E-state index in [2.05, 4.69) is 23.4 Å². The zero-order chi connectivity index (χ0) is 11.5. The van der Waals surface area contributed by atoms with Crippen LogP contribution in [0.1, 0.15) is 31.9 Å². The Morgan fingerprint density at radius 2 is 2.25 bits per heavy atom. The molecule has 0 aliphatic heterocycles. The lowest BCUT2D eigenvalue weighted by atomic mass is 10.1. The van der Waals surface area contributed by atoms with E-state index in [1.165, 1.54) is 5.69 Å². The maximum Gasteiger partial charge on any atom is 0.0994 e. The maximum absolute atomic E-state index is 5.79. The van der Waals surface area contributed by atoms with Crippen molar-refractivity contribution in [2.45, 2.75) is 26.2 Å². The molecule has 2 aromatic rings. The van der Waals surface area contributed by atoms with Gasteiger partial charge in [-0.05, 0) is 30.5 Å².